The number of benzene rings is 1. The Balaban J connectivity index is 1.71. The molecule has 2 aromatic rings. The maximum Gasteiger partial charge on any atom is 0.433 e. The average molecular weight is 351 g/mol. The Bertz CT molecular complexity index is 672. The molecule has 0 radical (unpaired) electrons. The Morgan fingerprint density at radius 1 is 1.16 bits per heavy atom. The van der Waals surface area contributed by atoms with Crippen LogP contribution in [0.4, 0.5) is 13.2 Å². The van der Waals surface area contributed by atoms with Crippen LogP contribution in [0.25, 0.3) is 0 Å². The van der Waals surface area contributed by atoms with Crippen LogP contribution in [0.1, 0.15) is 28.0 Å². The van der Waals surface area contributed by atoms with E-state index in [4.69, 9.17) is 0 Å². The van der Waals surface area contributed by atoms with Gasteiger partial charge in [-0.3, -0.25) is 9.78 Å². The van der Waals surface area contributed by atoms with Crippen LogP contribution in [0.3, 0.4) is 0 Å². The molecule has 0 saturated heterocycles. The zero-order valence-electron chi connectivity index (χ0n) is 13.9. The monoisotopic (exact) mass is 351 g/mol. The van der Waals surface area contributed by atoms with Crippen molar-refractivity contribution in [1.82, 2.24) is 15.2 Å². The van der Waals surface area contributed by atoms with Crippen molar-refractivity contribution in [2.75, 3.05) is 20.1 Å². The molecule has 1 N–H and O–H groups in total. The van der Waals surface area contributed by atoms with Crippen LogP contribution in [-0.4, -0.2) is 35.9 Å². The molecule has 1 amide bonds. The highest BCUT2D eigenvalue weighted by atomic mass is 19.4. The molecule has 0 aliphatic rings. The van der Waals surface area contributed by atoms with Gasteiger partial charge in [0.2, 0.25) is 0 Å². The first-order chi connectivity index (χ1) is 11.9. The van der Waals surface area contributed by atoms with Crippen LogP contribution in [0.5, 0.6) is 0 Å². The van der Waals surface area contributed by atoms with Gasteiger partial charge in [-0.15, -0.1) is 0 Å². The van der Waals surface area contributed by atoms with Crippen molar-refractivity contribution in [2.45, 2.75) is 19.1 Å². The lowest BCUT2D eigenvalue weighted by molar-refractivity contribution is -0.141. The highest BCUT2D eigenvalue weighted by Gasteiger charge is 2.32. The van der Waals surface area contributed by atoms with Gasteiger partial charge in [-0.2, -0.15) is 13.2 Å². The van der Waals surface area contributed by atoms with Crippen molar-refractivity contribution in [1.29, 1.82) is 0 Å². The molecule has 1 aromatic heterocycles. The van der Waals surface area contributed by atoms with Gasteiger partial charge in [0.15, 0.2) is 0 Å². The first-order valence-electron chi connectivity index (χ1n) is 7.90. The standard InChI is InChI=1S/C18H20F3N3O/c1-24(13-14-6-3-2-4-7-14)11-5-10-22-17(25)15-8-9-16(23-12-15)18(19,20)21/h2-4,6-9,12H,5,10-11,13H2,1H3,(H,22,25). The average Bonchev–Trinajstić information content (AvgIpc) is 2.59. The first-order valence-corrected chi connectivity index (χ1v) is 7.90. The lowest BCUT2D eigenvalue weighted by Crippen LogP contribution is -2.28. The fraction of sp³-hybridized carbons (Fsp3) is 0.333. The lowest BCUT2D eigenvalue weighted by atomic mass is 10.2. The summed E-state index contributed by atoms with van der Waals surface area (Å²) in [6, 6.07) is 12.0. The minimum Gasteiger partial charge on any atom is -0.352 e. The maximum absolute atomic E-state index is 12.4. The number of aromatic nitrogens is 1. The summed E-state index contributed by atoms with van der Waals surface area (Å²) in [6.07, 6.45) is -2.82. The van der Waals surface area contributed by atoms with E-state index < -0.39 is 17.8 Å². The van der Waals surface area contributed by atoms with Crippen LogP contribution in [0.2, 0.25) is 0 Å². The number of carbonyl (C=O) groups is 1. The van der Waals surface area contributed by atoms with E-state index in [-0.39, 0.29) is 5.56 Å². The fourth-order valence-corrected chi connectivity index (χ4v) is 2.32. The zero-order chi connectivity index (χ0) is 18.3. The predicted octanol–water partition coefficient (Wildman–Crippen LogP) is 3.35. The number of nitrogens with one attached hydrogen (secondary N) is 1. The molecule has 0 unspecified atom stereocenters. The number of alkyl halides is 3. The highest BCUT2D eigenvalue weighted by molar-refractivity contribution is 5.93. The van der Waals surface area contributed by atoms with Crippen molar-refractivity contribution in [3.8, 4) is 0 Å². The maximum atomic E-state index is 12.4. The molecule has 0 aliphatic heterocycles. The van der Waals surface area contributed by atoms with Crippen molar-refractivity contribution in [3.63, 3.8) is 0 Å². The van der Waals surface area contributed by atoms with E-state index in [1.807, 2.05) is 25.2 Å². The summed E-state index contributed by atoms with van der Waals surface area (Å²) in [4.78, 5) is 17.3. The van der Waals surface area contributed by atoms with Crippen LogP contribution < -0.4 is 5.32 Å². The summed E-state index contributed by atoms with van der Waals surface area (Å²) >= 11 is 0. The summed E-state index contributed by atoms with van der Waals surface area (Å²) in [5.41, 5.74) is 0.321. The summed E-state index contributed by atoms with van der Waals surface area (Å²) in [7, 11) is 1.99. The van der Waals surface area contributed by atoms with E-state index in [0.29, 0.717) is 6.54 Å². The van der Waals surface area contributed by atoms with Crippen molar-refractivity contribution >= 4 is 5.91 Å². The van der Waals surface area contributed by atoms with Gasteiger partial charge in [-0.1, -0.05) is 30.3 Å². The number of pyridine rings is 1. The van der Waals surface area contributed by atoms with Gasteiger partial charge < -0.3 is 10.2 Å². The normalized spacial score (nSPS) is 11.6. The lowest BCUT2D eigenvalue weighted by Gasteiger charge is -2.16. The third kappa shape index (κ3) is 6.19. The molecule has 2 rings (SSSR count). The van der Waals surface area contributed by atoms with Gasteiger partial charge in [0.25, 0.3) is 5.91 Å². The number of carbonyl (C=O) groups excluding carboxylic acids is 1. The topological polar surface area (TPSA) is 45.2 Å². The van der Waals surface area contributed by atoms with Crippen molar-refractivity contribution in [3.05, 3.63) is 65.5 Å². The number of hydrogen-bond acceptors (Lipinski definition) is 3. The molecule has 0 saturated carbocycles. The van der Waals surface area contributed by atoms with Crippen molar-refractivity contribution < 1.29 is 18.0 Å². The van der Waals surface area contributed by atoms with Gasteiger partial charge in [0.05, 0.1) is 5.56 Å². The third-order valence-electron chi connectivity index (χ3n) is 3.61. The van der Waals surface area contributed by atoms with Crippen LogP contribution >= 0.6 is 0 Å². The van der Waals surface area contributed by atoms with Crippen LogP contribution in [0, 0.1) is 0 Å². The van der Waals surface area contributed by atoms with E-state index in [1.54, 1.807) is 0 Å². The fourth-order valence-electron chi connectivity index (χ4n) is 2.32. The Hall–Kier alpha value is -2.41. The third-order valence-corrected chi connectivity index (χ3v) is 3.61. The smallest absolute Gasteiger partial charge is 0.352 e. The Kier molecular flexibility index (Phi) is 6.52. The number of halogens is 3. The first kappa shape index (κ1) is 18.9. The number of amides is 1. The largest absolute Gasteiger partial charge is 0.433 e. The summed E-state index contributed by atoms with van der Waals surface area (Å²) in [5, 5.41) is 2.69. The van der Waals surface area contributed by atoms with Crippen molar-refractivity contribution in [2.24, 2.45) is 0 Å². The summed E-state index contributed by atoms with van der Waals surface area (Å²) < 4.78 is 37.3. The van der Waals surface area contributed by atoms with Crippen LogP contribution in [0.15, 0.2) is 48.7 Å². The molecule has 7 heteroatoms. The molecule has 25 heavy (non-hydrogen) atoms. The molecule has 0 spiro atoms. The molecule has 0 bridgehead atoms. The number of rotatable bonds is 7. The van der Waals surface area contributed by atoms with Gasteiger partial charge in [0, 0.05) is 19.3 Å². The van der Waals surface area contributed by atoms with Gasteiger partial charge in [-0.05, 0) is 37.7 Å². The second-order valence-electron chi connectivity index (χ2n) is 5.76. The molecule has 1 heterocycles. The zero-order valence-corrected chi connectivity index (χ0v) is 13.9. The Morgan fingerprint density at radius 2 is 1.88 bits per heavy atom. The molecular formula is C18H20F3N3O. The number of nitrogens with zero attached hydrogens (tertiary/aromatic N) is 2. The molecular weight excluding hydrogens is 331 g/mol. The van der Waals surface area contributed by atoms with E-state index in [0.717, 1.165) is 37.8 Å². The van der Waals surface area contributed by atoms with Gasteiger partial charge in [-0.25, -0.2) is 0 Å². The molecule has 1 aromatic carbocycles. The van der Waals surface area contributed by atoms with E-state index in [1.165, 1.54) is 5.56 Å². The Labute approximate surface area is 144 Å². The summed E-state index contributed by atoms with van der Waals surface area (Å²) in [6.45, 7) is 2.05. The molecule has 0 fully saturated rings. The van der Waals surface area contributed by atoms with Gasteiger partial charge in [0.1, 0.15) is 5.69 Å². The Morgan fingerprint density at radius 3 is 2.48 bits per heavy atom. The highest BCUT2D eigenvalue weighted by Crippen LogP contribution is 2.27. The van der Waals surface area contributed by atoms with E-state index >= 15 is 0 Å². The minimum atomic E-state index is -4.50. The number of hydrogen-bond donors (Lipinski definition) is 1. The second kappa shape index (κ2) is 8.62. The quantitative estimate of drug-likeness (QED) is 0.778. The molecule has 0 atom stereocenters. The minimum absolute atomic E-state index is 0.116. The second-order valence-corrected chi connectivity index (χ2v) is 5.76. The molecule has 0 aliphatic carbocycles. The van der Waals surface area contributed by atoms with E-state index in [2.05, 4.69) is 27.3 Å². The summed E-state index contributed by atoms with van der Waals surface area (Å²) in [5.74, 6) is -0.424. The predicted molar refractivity (Wildman–Crippen MR) is 89.0 cm³/mol. The SMILES string of the molecule is CN(CCCNC(=O)c1ccc(C(F)(F)F)nc1)Cc1ccccc1. The van der Waals surface area contributed by atoms with Crippen LogP contribution in [-0.2, 0) is 12.7 Å². The molecule has 4 nitrogen and oxygen atoms in total. The van der Waals surface area contributed by atoms with Gasteiger partial charge >= 0.3 is 6.18 Å². The molecule has 134 valence electrons. The van der Waals surface area contributed by atoms with E-state index in [9.17, 15) is 18.0 Å².